The van der Waals surface area contributed by atoms with Gasteiger partial charge in [0.1, 0.15) is 0 Å². The third kappa shape index (κ3) is 2.99. The first-order valence-electron chi connectivity index (χ1n) is 8.04. The van der Waals surface area contributed by atoms with Crippen LogP contribution in [0.15, 0.2) is 24.3 Å². The quantitative estimate of drug-likeness (QED) is 0.787. The van der Waals surface area contributed by atoms with Crippen molar-refractivity contribution in [3.05, 3.63) is 35.5 Å². The zero-order valence-electron chi connectivity index (χ0n) is 13.1. The lowest BCUT2D eigenvalue weighted by molar-refractivity contribution is 0.201. The molecule has 1 unspecified atom stereocenters. The molecule has 3 heteroatoms. The van der Waals surface area contributed by atoms with Crippen molar-refractivity contribution in [3.63, 3.8) is 0 Å². The Balaban J connectivity index is 1.81. The number of benzene rings is 1. The minimum absolute atomic E-state index is 0.137. The molecule has 1 aromatic heterocycles. The van der Waals surface area contributed by atoms with E-state index in [2.05, 4.69) is 48.4 Å². The van der Waals surface area contributed by atoms with Gasteiger partial charge in [-0.05, 0) is 42.7 Å². The number of aryl methyl sites for hydroxylation is 1. The minimum Gasteiger partial charge on any atom is -0.396 e. The van der Waals surface area contributed by atoms with Crippen molar-refractivity contribution in [2.45, 2.75) is 45.6 Å². The number of hydrogen-bond donors (Lipinski definition) is 3. The van der Waals surface area contributed by atoms with E-state index >= 15 is 0 Å². The molecule has 0 saturated carbocycles. The summed E-state index contributed by atoms with van der Waals surface area (Å²) in [6.45, 7) is 5.63. The summed E-state index contributed by atoms with van der Waals surface area (Å²) >= 11 is 0. The highest BCUT2D eigenvalue weighted by Gasteiger charge is 2.26. The maximum absolute atomic E-state index is 9.16. The summed E-state index contributed by atoms with van der Waals surface area (Å²) in [4.78, 5) is 3.62. The van der Waals surface area contributed by atoms with Gasteiger partial charge in [-0.25, -0.2) is 0 Å². The lowest BCUT2D eigenvalue weighted by Gasteiger charge is -2.30. The lowest BCUT2D eigenvalue weighted by Crippen LogP contribution is -2.34. The topological polar surface area (TPSA) is 48.0 Å². The second-order valence-corrected chi connectivity index (χ2v) is 7.03. The van der Waals surface area contributed by atoms with Crippen LogP contribution >= 0.6 is 0 Å². The van der Waals surface area contributed by atoms with Crippen LogP contribution in [0.2, 0.25) is 0 Å². The van der Waals surface area contributed by atoms with Gasteiger partial charge in [0, 0.05) is 35.8 Å². The first-order chi connectivity index (χ1) is 10.1. The Morgan fingerprint density at radius 1 is 1.33 bits per heavy atom. The fraction of sp³-hybridized carbons (Fsp3) is 0.556. The molecule has 0 aliphatic heterocycles. The molecule has 1 atom stereocenters. The van der Waals surface area contributed by atoms with Gasteiger partial charge in [-0.2, -0.15) is 0 Å². The number of aliphatic hydroxyl groups excluding tert-OH is 1. The predicted molar refractivity (Wildman–Crippen MR) is 87.5 cm³/mol. The molecule has 1 aliphatic carbocycles. The lowest BCUT2D eigenvalue weighted by atomic mass is 9.87. The number of hydrogen-bond acceptors (Lipinski definition) is 2. The monoisotopic (exact) mass is 286 g/mol. The van der Waals surface area contributed by atoms with Crippen LogP contribution < -0.4 is 5.32 Å². The van der Waals surface area contributed by atoms with Crippen LogP contribution in [0.5, 0.6) is 0 Å². The van der Waals surface area contributed by atoms with Gasteiger partial charge in [-0.1, -0.05) is 32.0 Å². The standard InChI is InChI=1S/C18H26N2O/c1-18(2,10-11-21)12-19-16-9-5-7-14-13-6-3-4-8-15(13)20-17(14)16/h3-4,6,8,16,19-21H,5,7,9-12H2,1-2H3. The largest absolute Gasteiger partial charge is 0.396 e. The number of H-pyrrole nitrogens is 1. The number of fused-ring (bicyclic) bond motifs is 3. The van der Waals surface area contributed by atoms with Gasteiger partial charge in [0.2, 0.25) is 0 Å². The molecule has 0 bridgehead atoms. The van der Waals surface area contributed by atoms with Gasteiger partial charge in [-0.3, -0.25) is 0 Å². The SMILES string of the molecule is CC(C)(CCO)CNC1CCCc2c1[nH]c1ccccc21. The summed E-state index contributed by atoms with van der Waals surface area (Å²) in [6.07, 6.45) is 4.45. The Bertz CT molecular complexity index is 615. The second kappa shape index (κ2) is 5.82. The van der Waals surface area contributed by atoms with Crippen molar-refractivity contribution in [3.8, 4) is 0 Å². The zero-order valence-corrected chi connectivity index (χ0v) is 13.1. The summed E-state index contributed by atoms with van der Waals surface area (Å²) < 4.78 is 0. The third-order valence-corrected chi connectivity index (χ3v) is 4.73. The van der Waals surface area contributed by atoms with Crippen molar-refractivity contribution < 1.29 is 5.11 Å². The molecule has 0 radical (unpaired) electrons. The molecule has 2 aromatic rings. The molecule has 21 heavy (non-hydrogen) atoms. The Labute approximate surface area is 126 Å². The Morgan fingerprint density at radius 2 is 2.14 bits per heavy atom. The van der Waals surface area contributed by atoms with E-state index in [1.807, 2.05) is 0 Å². The number of nitrogens with one attached hydrogen (secondary N) is 2. The Morgan fingerprint density at radius 3 is 2.95 bits per heavy atom. The van der Waals surface area contributed by atoms with Crippen LogP contribution in [0, 0.1) is 5.41 Å². The second-order valence-electron chi connectivity index (χ2n) is 7.03. The molecule has 0 fully saturated rings. The van der Waals surface area contributed by atoms with Crippen molar-refractivity contribution in [1.29, 1.82) is 0 Å². The highest BCUT2D eigenvalue weighted by Crippen LogP contribution is 2.35. The molecule has 0 saturated heterocycles. The van der Waals surface area contributed by atoms with E-state index in [1.165, 1.54) is 41.4 Å². The fourth-order valence-electron chi connectivity index (χ4n) is 3.41. The smallest absolute Gasteiger partial charge is 0.0476 e. The van der Waals surface area contributed by atoms with E-state index in [-0.39, 0.29) is 12.0 Å². The molecular formula is C18H26N2O. The van der Waals surface area contributed by atoms with E-state index < -0.39 is 0 Å². The molecule has 3 N–H and O–H groups in total. The predicted octanol–water partition coefficient (Wildman–Crippen LogP) is 3.54. The molecule has 3 nitrogen and oxygen atoms in total. The fourth-order valence-corrected chi connectivity index (χ4v) is 3.41. The van der Waals surface area contributed by atoms with Gasteiger partial charge < -0.3 is 15.4 Å². The van der Waals surface area contributed by atoms with Gasteiger partial charge in [0.25, 0.3) is 0 Å². The van der Waals surface area contributed by atoms with Gasteiger partial charge in [0.05, 0.1) is 0 Å². The highest BCUT2D eigenvalue weighted by molar-refractivity contribution is 5.85. The van der Waals surface area contributed by atoms with Crippen LogP contribution in [-0.2, 0) is 6.42 Å². The molecule has 114 valence electrons. The average Bonchev–Trinajstić information content (AvgIpc) is 2.84. The van der Waals surface area contributed by atoms with Crippen LogP contribution in [0.4, 0.5) is 0 Å². The molecule has 1 heterocycles. The number of aliphatic hydroxyl groups is 1. The molecule has 1 aliphatic rings. The molecular weight excluding hydrogens is 260 g/mol. The molecule has 0 amide bonds. The maximum Gasteiger partial charge on any atom is 0.0476 e. The van der Waals surface area contributed by atoms with E-state index in [1.54, 1.807) is 0 Å². The number of rotatable bonds is 5. The Hall–Kier alpha value is -1.32. The summed E-state index contributed by atoms with van der Waals surface area (Å²) in [7, 11) is 0. The highest BCUT2D eigenvalue weighted by atomic mass is 16.3. The van der Waals surface area contributed by atoms with Crippen LogP contribution in [0.25, 0.3) is 10.9 Å². The van der Waals surface area contributed by atoms with E-state index in [4.69, 9.17) is 5.11 Å². The summed E-state index contributed by atoms with van der Waals surface area (Å²) in [5.74, 6) is 0. The molecule has 3 rings (SSSR count). The minimum atomic E-state index is 0.137. The number of aromatic amines is 1. The van der Waals surface area contributed by atoms with Gasteiger partial charge in [-0.15, -0.1) is 0 Å². The molecule has 0 spiro atoms. The summed E-state index contributed by atoms with van der Waals surface area (Å²) in [5, 5.41) is 14.3. The normalized spacial score (nSPS) is 18.9. The summed E-state index contributed by atoms with van der Waals surface area (Å²) in [5.41, 5.74) is 4.26. The van der Waals surface area contributed by atoms with Gasteiger partial charge >= 0.3 is 0 Å². The van der Waals surface area contributed by atoms with Crippen LogP contribution in [-0.4, -0.2) is 23.2 Å². The third-order valence-electron chi connectivity index (χ3n) is 4.73. The first kappa shape index (κ1) is 14.6. The van der Waals surface area contributed by atoms with Gasteiger partial charge in [0.15, 0.2) is 0 Å². The van der Waals surface area contributed by atoms with Crippen LogP contribution in [0.1, 0.15) is 50.4 Å². The molecule has 1 aromatic carbocycles. The maximum atomic E-state index is 9.16. The van der Waals surface area contributed by atoms with Crippen molar-refractivity contribution >= 4 is 10.9 Å². The van der Waals surface area contributed by atoms with E-state index in [0.29, 0.717) is 6.04 Å². The number of aromatic nitrogens is 1. The average molecular weight is 286 g/mol. The van der Waals surface area contributed by atoms with E-state index in [0.717, 1.165) is 13.0 Å². The summed E-state index contributed by atoms with van der Waals surface area (Å²) in [6, 6.07) is 9.03. The van der Waals surface area contributed by atoms with Crippen molar-refractivity contribution in [2.24, 2.45) is 5.41 Å². The first-order valence-corrected chi connectivity index (χ1v) is 8.04. The Kier molecular flexibility index (Phi) is 4.05. The van der Waals surface area contributed by atoms with Crippen LogP contribution in [0.3, 0.4) is 0 Å². The van der Waals surface area contributed by atoms with Crippen molar-refractivity contribution in [2.75, 3.05) is 13.2 Å². The number of para-hydroxylation sites is 1. The van der Waals surface area contributed by atoms with E-state index in [9.17, 15) is 0 Å². The zero-order chi connectivity index (χ0) is 14.9. The van der Waals surface area contributed by atoms with Crippen molar-refractivity contribution in [1.82, 2.24) is 10.3 Å².